The first-order valence-corrected chi connectivity index (χ1v) is 6.04. The molecule has 0 unspecified atom stereocenters. The summed E-state index contributed by atoms with van der Waals surface area (Å²) in [7, 11) is 1.84. The second kappa shape index (κ2) is 4.80. The van der Waals surface area contributed by atoms with Crippen LogP contribution in [0, 0.1) is 11.8 Å². The molecule has 0 aromatic carbocycles. The molecule has 6 nitrogen and oxygen atoms in total. The van der Waals surface area contributed by atoms with Gasteiger partial charge in [0.25, 0.3) is 0 Å². The number of aromatic nitrogens is 2. The summed E-state index contributed by atoms with van der Waals surface area (Å²) in [5, 5.41) is 15.8. The Morgan fingerprint density at radius 1 is 1.56 bits per heavy atom. The predicted molar refractivity (Wildman–Crippen MR) is 63.7 cm³/mol. The van der Waals surface area contributed by atoms with Gasteiger partial charge in [-0.25, -0.2) is 0 Å². The first-order chi connectivity index (χ1) is 8.52. The van der Waals surface area contributed by atoms with Gasteiger partial charge in [0.15, 0.2) is 0 Å². The monoisotopic (exact) mass is 251 g/mol. The number of hydrogen-bond acceptors (Lipinski definition) is 3. The molecular formula is C12H17N3O3. The van der Waals surface area contributed by atoms with Crippen LogP contribution in [0.1, 0.15) is 24.6 Å². The van der Waals surface area contributed by atoms with Crippen molar-refractivity contribution < 1.29 is 14.7 Å². The summed E-state index contributed by atoms with van der Waals surface area (Å²) in [4.78, 5) is 22.4. The highest BCUT2D eigenvalue weighted by Crippen LogP contribution is 2.38. The van der Waals surface area contributed by atoms with Crippen molar-refractivity contribution in [2.75, 3.05) is 0 Å². The van der Waals surface area contributed by atoms with Crippen molar-refractivity contribution in [3.05, 3.63) is 17.5 Å². The lowest BCUT2D eigenvalue weighted by Crippen LogP contribution is -2.26. The van der Waals surface area contributed by atoms with Crippen LogP contribution in [-0.4, -0.2) is 26.8 Å². The Hall–Kier alpha value is -1.85. The summed E-state index contributed by atoms with van der Waals surface area (Å²) < 4.78 is 1.72. The lowest BCUT2D eigenvalue weighted by Gasteiger charge is -2.03. The van der Waals surface area contributed by atoms with E-state index in [4.69, 9.17) is 5.11 Å². The molecule has 1 fully saturated rings. The molecular weight excluding hydrogens is 234 g/mol. The molecule has 6 heteroatoms. The van der Waals surface area contributed by atoms with Gasteiger partial charge in [0, 0.05) is 25.4 Å². The summed E-state index contributed by atoms with van der Waals surface area (Å²) in [6.45, 7) is 2.42. The Labute approximate surface area is 105 Å². The molecule has 1 heterocycles. The van der Waals surface area contributed by atoms with Crippen molar-refractivity contribution in [3.63, 3.8) is 0 Å². The van der Waals surface area contributed by atoms with E-state index in [1.807, 2.05) is 20.2 Å². The average Bonchev–Trinajstić information content (AvgIpc) is 3.04. The third kappa shape index (κ3) is 2.52. The summed E-state index contributed by atoms with van der Waals surface area (Å²) in [5.41, 5.74) is 1.95. The van der Waals surface area contributed by atoms with Crippen molar-refractivity contribution in [2.45, 2.75) is 26.3 Å². The van der Waals surface area contributed by atoms with E-state index < -0.39 is 11.9 Å². The topological polar surface area (TPSA) is 84.2 Å². The number of aliphatic carboxylic acids is 1. The van der Waals surface area contributed by atoms with Crippen LogP contribution in [0.15, 0.2) is 6.20 Å². The molecule has 0 spiro atoms. The standard InChI is InChI=1S/C12H17N3O3/c1-3-10-7(6-15(2)14-10)5-13-11(16)8-4-9(8)12(17)18/h6,8-9H,3-5H2,1-2H3,(H,13,16)(H,17,18)/t8-,9+/m1/s1. The van der Waals surface area contributed by atoms with Crippen LogP contribution in [0.2, 0.25) is 0 Å². The average molecular weight is 251 g/mol. The van der Waals surface area contributed by atoms with Gasteiger partial charge in [-0.05, 0) is 12.8 Å². The second-order valence-electron chi connectivity index (χ2n) is 4.63. The van der Waals surface area contributed by atoms with Crippen molar-refractivity contribution in [1.82, 2.24) is 15.1 Å². The van der Waals surface area contributed by atoms with Gasteiger partial charge >= 0.3 is 5.97 Å². The summed E-state index contributed by atoms with van der Waals surface area (Å²) in [5.74, 6) is -1.91. The van der Waals surface area contributed by atoms with Gasteiger partial charge in [-0.3, -0.25) is 14.3 Å². The molecule has 1 aromatic heterocycles. The van der Waals surface area contributed by atoms with Gasteiger partial charge in [-0.1, -0.05) is 6.92 Å². The van der Waals surface area contributed by atoms with Gasteiger partial charge in [-0.15, -0.1) is 0 Å². The van der Waals surface area contributed by atoms with E-state index in [1.165, 1.54) is 0 Å². The van der Waals surface area contributed by atoms with Crippen LogP contribution >= 0.6 is 0 Å². The van der Waals surface area contributed by atoms with Gasteiger partial charge in [-0.2, -0.15) is 5.10 Å². The minimum absolute atomic E-state index is 0.173. The van der Waals surface area contributed by atoms with Crippen LogP contribution in [0.25, 0.3) is 0 Å². The normalized spacial score (nSPS) is 21.7. The number of hydrogen-bond donors (Lipinski definition) is 2. The molecule has 98 valence electrons. The maximum absolute atomic E-state index is 11.7. The fraction of sp³-hybridized carbons (Fsp3) is 0.583. The van der Waals surface area contributed by atoms with Crippen LogP contribution in [0.5, 0.6) is 0 Å². The third-order valence-corrected chi connectivity index (χ3v) is 3.22. The molecule has 2 N–H and O–H groups in total. The number of nitrogens with zero attached hydrogens (tertiary/aromatic N) is 2. The minimum Gasteiger partial charge on any atom is -0.481 e. The Morgan fingerprint density at radius 2 is 2.28 bits per heavy atom. The van der Waals surface area contributed by atoms with Crippen molar-refractivity contribution in [1.29, 1.82) is 0 Å². The molecule has 1 aliphatic carbocycles. The zero-order valence-electron chi connectivity index (χ0n) is 10.5. The number of carboxylic acids is 1. The molecule has 2 rings (SSSR count). The Bertz CT molecular complexity index is 481. The third-order valence-electron chi connectivity index (χ3n) is 3.22. The van der Waals surface area contributed by atoms with Crippen LogP contribution in [0.3, 0.4) is 0 Å². The highest BCUT2D eigenvalue weighted by Gasteiger charge is 2.48. The lowest BCUT2D eigenvalue weighted by atomic mass is 10.2. The highest BCUT2D eigenvalue weighted by molar-refractivity contribution is 5.89. The minimum atomic E-state index is -0.884. The molecule has 2 atom stereocenters. The Balaban J connectivity index is 1.88. The maximum Gasteiger partial charge on any atom is 0.307 e. The zero-order chi connectivity index (χ0) is 13.3. The molecule has 1 amide bonds. The highest BCUT2D eigenvalue weighted by atomic mass is 16.4. The summed E-state index contributed by atoms with van der Waals surface area (Å²) in [6, 6.07) is 0. The van der Waals surface area contributed by atoms with Gasteiger partial charge in [0.1, 0.15) is 0 Å². The fourth-order valence-corrected chi connectivity index (χ4v) is 2.10. The fourth-order valence-electron chi connectivity index (χ4n) is 2.10. The van der Waals surface area contributed by atoms with E-state index >= 15 is 0 Å². The van der Waals surface area contributed by atoms with E-state index in [1.54, 1.807) is 4.68 Å². The van der Waals surface area contributed by atoms with Crippen molar-refractivity contribution >= 4 is 11.9 Å². The SMILES string of the molecule is CCc1nn(C)cc1CNC(=O)[C@@H]1C[C@@H]1C(=O)O. The van der Waals surface area contributed by atoms with Crippen LogP contribution in [-0.2, 0) is 29.6 Å². The molecule has 1 saturated carbocycles. The Kier molecular flexibility index (Phi) is 3.36. The van der Waals surface area contributed by atoms with E-state index in [0.29, 0.717) is 13.0 Å². The maximum atomic E-state index is 11.7. The molecule has 1 aliphatic rings. The van der Waals surface area contributed by atoms with E-state index in [0.717, 1.165) is 17.7 Å². The number of amides is 1. The van der Waals surface area contributed by atoms with E-state index in [2.05, 4.69) is 10.4 Å². The second-order valence-corrected chi connectivity index (χ2v) is 4.63. The van der Waals surface area contributed by atoms with Crippen molar-refractivity contribution in [3.8, 4) is 0 Å². The summed E-state index contributed by atoms with van der Waals surface area (Å²) in [6.07, 6.45) is 3.14. The number of rotatable bonds is 5. The smallest absolute Gasteiger partial charge is 0.307 e. The predicted octanol–water partition coefficient (Wildman–Crippen LogP) is 0.319. The van der Waals surface area contributed by atoms with Crippen LogP contribution in [0.4, 0.5) is 0 Å². The molecule has 18 heavy (non-hydrogen) atoms. The van der Waals surface area contributed by atoms with Crippen LogP contribution < -0.4 is 5.32 Å². The lowest BCUT2D eigenvalue weighted by molar-refractivity contribution is -0.140. The zero-order valence-corrected chi connectivity index (χ0v) is 10.5. The molecule has 0 bridgehead atoms. The first kappa shape index (κ1) is 12.6. The summed E-state index contributed by atoms with van der Waals surface area (Å²) >= 11 is 0. The molecule has 0 aliphatic heterocycles. The van der Waals surface area contributed by atoms with E-state index in [9.17, 15) is 9.59 Å². The largest absolute Gasteiger partial charge is 0.481 e. The molecule has 1 aromatic rings. The number of carbonyl (C=O) groups excluding carboxylic acids is 1. The number of nitrogens with one attached hydrogen (secondary N) is 1. The van der Waals surface area contributed by atoms with Gasteiger partial charge < -0.3 is 10.4 Å². The van der Waals surface area contributed by atoms with Crippen molar-refractivity contribution in [2.24, 2.45) is 18.9 Å². The van der Waals surface area contributed by atoms with Gasteiger partial charge in [0.05, 0.1) is 17.5 Å². The molecule has 0 saturated heterocycles. The first-order valence-electron chi connectivity index (χ1n) is 6.04. The number of carboxylic acid groups (broad SMARTS) is 1. The van der Waals surface area contributed by atoms with E-state index in [-0.39, 0.29) is 11.8 Å². The quantitative estimate of drug-likeness (QED) is 0.789. The Morgan fingerprint density at radius 3 is 2.83 bits per heavy atom. The number of carbonyl (C=O) groups is 2. The van der Waals surface area contributed by atoms with Gasteiger partial charge in [0.2, 0.25) is 5.91 Å². The molecule has 0 radical (unpaired) electrons. The number of aryl methyl sites for hydroxylation is 2.